The van der Waals surface area contributed by atoms with E-state index in [0.29, 0.717) is 17.2 Å². The summed E-state index contributed by atoms with van der Waals surface area (Å²) in [6.45, 7) is 6.28. The molecule has 92 valence electrons. The van der Waals surface area contributed by atoms with Gasteiger partial charge in [0.25, 0.3) is 0 Å². The molecule has 0 aliphatic carbocycles. The number of anilines is 1. The van der Waals surface area contributed by atoms with Gasteiger partial charge in [-0.3, -0.25) is 0 Å². The van der Waals surface area contributed by atoms with Gasteiger partial charge in [0.15, 0.2) is 5.82 Å². The van der Waals surface area contributed by atoms with Crippen molar-refractivity contribution in [3.05, 3.63) is 28.0 Å². The fourth-order valence-electron chi connectivity index (χ4n) is 1.78. The molecule has 0 aromatic heterocycles. The van der Waals surface area contributed by atoms with Gasteiger partial charge in [-0.2, -0.15) is 5.26 Å². The first kappa shape index (κ1) is 14.0. The first-order valence-electron chi connectivity index (χ1n) is 5.60. The molecule has 1 rings (SSSR count). The zero-order valence-corrected chi connectivity index (χ0v) is 11.8. The topological polar surface area (TPSA) is 35.8 Å². The van der Waals surface area contributed by atoms with Crippen molar-refractivity contribution >= 4 is 21.6 Å². The third-order valence-electron chi connectivity index (χ3n) is 2.43. The molecule has 0 amide bonds. The Morgan fingerprint density at radius 1 is 1.41 bits per heavy atom. The zero-order chi connectivity index (χ0) is 13.0. The molecule has 17 heavy (non-hydrogen) atoms. The van der Waals surface area contributed by atoms with Crippen molar-refractivity contribution in [2.75, 3.05) is 5.32 Å². The van der Waals surface area contributed by atoms with Gasteiger partial charge in [0, 0.05) is 6.04 Å². The number of nitriles is 1. The van der Waals surface area contributed by atoms with E-state index in [2.05, 4.69) is 35.1 Å². The first-order valence-corrected chi connectivity index (χ1v) is 6.39. The highest BCUT2D eigenvalue weighted by Gasteiger charge is 2.13. The van der Waals surface area contributed by atoms with Crippen molar-refractivity contribution in [1.82, 2.24) is 0 Å². The molecule has 0 spiro atoms. The second-order valence-electron chi connectivity index (χ2n) is 4.58. The minimum Gasteiger partial charge on any atom is -0.380 e. The number of rotatable bonds is 4. The van der Waals surface area contributed by atoms with E-state index in [9.17, 15) is 4.39 Å². The first-order chi connectivity index (χ1) is 7.95. The van der Waals surface area contributed by atoms with E-state index in [0.717, 1.165) is 6.42 Å². The maximum Gasteiger partial charge on any atom is 0.161 e. The summed E-state index contributed by atoms with van der Waals surface area (Å²) in [6.07, 6.45) is 0.969. The number of benzene rings is 1. The predicted molar refractivity (Wildman–Crippen MR) is 71.4 cm³/mol. The summed E-state index contributed by atoms with van der Waals surface area (Å²) in [5.74, 6) is 0.155. The van der Waals surface area contributed by atoms with Crippen LogP contribution in [0.25, 0.3) is 0 Å². The van der Waals surface area contributed by atoms with Crippen LogP contribution in [0, 0.1) is 23.1 Å². The van der Waals surface area contributed by atoms with Crippen molar-refractivity contribution in [3.8, 4) is 6.07 Å². The number of hydrogen-bond donors (Lipinski definition) is 1. The summed E-state index contributed by atoms with van der Waals surface area (Å²) in [4.78, 5) is 0. The molecule has 0 aliphatic rings. The summed E-state index contributed by atoms with van der Waals surface area (Å²) in [7, 11) is 0. The Balaban J connectivity index is 2.87. The van der Waals surface area contributed by atoms with E-state index in [-0.39, 0.29) is 10.5 Å². The van der Waals surface area contributed by atoms with E-state index in [4.69, 9.17) is 5.26 Å². The third-order valence-corrected chi connectivity index (χ3v) is 3.20. The van der Waals surface area contributed by atoms with Gasteiger partial charge in [-0.1, -0.05) is 13.8 Å². The van der Waals surface area contributed by atoms with Gasteiger partial charge in [0.2, 0.25) is 0 Å². The molecular formula is C13H16BrFN2. The van der Waals surface area contributed by atoms with Crippen molar-refractivity contribution < 1.29 is 4.39 Å². The Labute approximate surface area is 110 Å². The van der Waals surface area contributed by atoms with E-state index in [1.807, 2.05) is 13.0 Å². The molecule has 1 atom stereocenters. The van der Waals surface area contributed by atoms with Crippen LogP contribution in [0.15, 0.2) is 16.6 Å². The number of nitrogens with one attached hydrogen (secondary N) is 1. The van der Waals surface area contributed by atoms with E-state index < -0.39 is 5.82 Å². The van der Waals surface area contributed by atoms with Crippen molar-refractivity contribution in [1.29, 1.82) is 5.26 Å². The Hall–Kier alpha value is -1.08. The number of halogens is 2. The number of nitrogens with zero attached hydrogens (tertiary/aromatic N) is 1. The minimum atomic E-state index is -0.403. The summed E-state index contributed by atoms with van der Waals surface area (Å²) in [5, 5.41) is 11.9. The lowest BCUT2D eigenvalue weighted by molar-refractivity contribution is 0.535. The largest absolute Gasteiger partial charge is 0.380 e. The van der Waals surface area contributed by atoms with Gasteiger partial charge >= 0.3 is 0 Å². The molecule has 0 saturated carbocycles. The lowest BCUT2D eigenvalue weighted by Crippen LogP contribution is -2.18. The van der Waals surface area contributed by atoms with E-state index >= 15 is 0 Å². The molecule has 0 saturated heterocycles. The maximum absolute atomic E-state index is 13.9. The Morgan fingerprint density at radius 3 is 2.59 bits per heavy atom. The fraction of sp³-hybridized carbons (Fsp3) is 0.462. The average molecular weight is 299 g/mol. The van der Waals surface area contributed by atoms with Crippen LogP contribution in [0.5, 0.6) is 0 Å². The van der Waals surface area contributed by atoms with Gasteiger partial charge in [-0.15, -0.1) is 0 Å². The molecular weight excluding hydrogens is 283 g/mol. The summed E-state index contributed by atoms with van der Waals surface area (Å²) < 4.78 is 14.1. The highest BCUT2D eigenvalue weighted by Crippen LogP contribution is 2.27. The third kappa shape index (κ3) is 3.71. The van der Waals surface area contributed by atoms with Crippen LogP contribution < -0.4 is 5.32 Å². The molecule has 0 fully saturated rings. The number of hydrogen-bond acceptors (Lipinski definition) is 2. The standard InChI is InChI=1S/C13H16BrFN2/c1-8(2)6-9(3)17-11-5-4-10(7-16)12(14)13(11)15/h4-5,8-9,17H,6H2,1-3H3. The van der Waals surface area contributed by atoms with Crippen LogP contribution >= 0.6 is 15.9 Å². The average Bonchev–Trinajstić information content (AvgIpc) is 2.24. The normalized spacial score (nSPS) is 12.3. The lowest BCUT2D eigenvalue weighted by Gasteiger charge is -2.18. The van der Waals surface area contributed by atoms with Gasteiger partial charge in [-0.25, -0.2) is 4.39 Å². The molecule has 2 nitrogen and oxygen atoms in total. The van der Waals surface area contributed by atoms with Gasteiger partial charge in [0.05, 0.1) is 15.7 Å². The van der Waals surface area contributed by atoms with Gasteiger partial charge in [-0.05, 0) is 47.3 Å². The van der Waals surface area contributed by atoms with Crippen LogP contribution in [0.2, 0.25) is 0 Å². The second kappa shape index (κ2) is 6.02. The Bertz CT molecular complexity index is 438. The smallest absolute Gasteiger partial charge is 0.161 e. The monoisotopic (exact) mass is 298 g/mol. The molecule has 0 radical (unpaired) electrons. The van der Waals surface area contributed by atoms with Crippen LogP contribution in [0.1, 0.15) is 32.8 Å². The molecule has 1 aromatic carbocycles. The summed E-state index contributed by atoms with van der Waals surface area (Å²) in [5.41, 5.74) is 0.744. The SMILES string of the molecule is CC(C)CC(C)Nc1ccc(C#N)c(Br)c1F. The highest BCUT2D eigenvalue weighted by molar-refractivity contribution is 9.10. The van der Waals surface area contributed by atoms with E-state index in [1.165, 1.54) is 0 Å². The van der Waals surface area contributed by atoms with Crippen LogP contribution in [0.3, 0.4) is 0 Å². The molecule has 0 heterocycles. The maximum atomic E-state index is 13.9. The molecule has 1 N–H and O–H groups in total. The summed E-state index contributed by atoms with van der Waals surface area (Å²) in [6, 6.07) is 5.35. The van der Waals surface area contributed by atoms with Gasteiger partial charge in [0.1, 0.15) is 6.07 Å². The second-order valence-corrected chi connectivity index (χ2v) is 5.37. The Morgan fingerprint density at radius 2 is 2.06 bits per heavy atom. The highest BCUT2D eigenvalue weighted by atomic mass is 79.9. The fourth-order valence-corrected chi connectivity index (χ4v) is 2.21. The van der Waals surface area contributed by atoms with Crippen molar-refractivity contribution in [3.63, 3.8) is 0 Å². The quantitative estimate of drug-likeness (QED) is 0.899. The lowest BCUT2D eigenvalue weighted by atomic mass is 10.0. The van der Waals surface area contributed by atoms with Crippen LogP contribution in [-0.2, 0) is 0 Å². The zero-order valence-electron chi connectivity index (χ0n) is 10.2. The van der Waals surface area contributed by atoms with E-state index in [1.54, 1.807) is 12.1 Å². The molecule has 0 bridgehead atoms. The van der Waals surface area contributed by atoms with Crippen LogP contribution in [0.4, 0.5) is 10.1 Å². The molecule has 4 heteroatoms. The van der Waals surface area contributed by atoms with Gasteiger partial charge < -0.3 is 5.32 Å². The van der Waals surface area contributed by atoms with Crippen LogP contribution in [-0.4, -0.2) is 6.04 Å². The summed E-state index contributed by atoms with van der Waals surface area (Å²) >= 11 is 3.09. The molecule has 1 unspecified atom stereocenters. The predicted octanol–water partition coefficient (Wildman–Crippen LogP) is 4.31. The molecule has 0 aliphatic heterocycles. The van der Waals surface area contributed by atoms with Crippen molar-refractivity contribution in [2.45, 2.75) is 33.2 Å². The minimum absolute atomic E-state index is 0.198. The van der Waals surface area contributed by atoms with Crippen molar-refractivity contribution in [2.24, 2.45) is 5.92 Å². The Kier molecular flexibility index (Phi) is 4.95. The molecule has 1 aromatic rings.